The van der Waals surface area contributed by atoms with Gasteiger partial charge in [-0.05, 0) is 105 Å². The second-order valence-electron chi connectivity index (χ2n) is 10.7. The van der Waals surface area contributed by atoms with Gasteiger partial charge in [0.05, 0.1) is 16.8 Å². The number of hydrogen-bond donors (Lipinski definition) is 1. The molecule has 0 heterocycles. The molecule has 5 unspecified atom stereocenters. The lowest BCUT2D eigenvalue weighted by molar-refractivity contribution is -0.0186. The summed E-state index contributed by atoms with van der Waals surface area (Å²) < 4.78 is 25.7. The van der Waals surface area contributed by atoms with Gasteiger partial charge in [0.25, 0.3) is 0 Å². The maximum Gasteiger partial charge on any atom is 0.178 e. The maximum absolute atomic E-state index is 12.8. The molecule has 0 aromatic heterocycles. The van der Waals surface area contributed by atoms with Gasteiger partial charge >= 0.3 is 0 Å². The molecule has 1 aromatic rings. The van der Waals surface area contributed by atoms with Crippen LogP contribution in [0.5, 0.6) is 0 Å². The van der Waals surface area contributed by atoms with Crippen LogP contribution in [0.2, 0.25) is 0 Å². The van der Waals surface area contributed by atoms with Gasteiger partial charge in [-0.2, -0.15) is 0 Å². The van der Waals surface area contributed by atoms with E-state index in [0.29, 0.717) is 22.1 Å². The quantitative estimate of drug-likeness (QED) is 0.448. The minimum atomic E-state index is -3.19. The second kappa shape index (κ2) is 11.7. The highest BCUT2D eigenvalue weighted by Gasteiger charge is 2.55. The van der Waals surface area contributed by atoms with Gasteiger partial charge in [0.2, 0.25) is 0 Å². The first-order valence-electron chi connectivity index (χ1n) is 14.0. The molecule has 4 heteroatoms. The Bertz CT molecular complexity index is 906. The Hall–Kier alpha value is -1.13. The highest BCUT2D eigenvalue weighted by molar-refractivity contribution is 7.91. The summed E-state index contributed by atoms with van der Waals surface area (Å²) in [6.07, 6.45) is 12.4. The zero-order chi connectivity index (χ0) is 24.9. The predicted molar refractivity (Wildman–Crippen MR) is 142 cm³/mol. The van der Waals surface area contributed by atoms with Crippen molar-refractivity contribution in [3.05, 3.63) is 42.0 Å². The smallest absolute Gasteiger partial charge is 0.178 e. The molecule has 34 heavy (non-hydrogen) atoms. The van der Waals surface area contributed by atoms with Crippen molar-refractivity contribution in [2.75, 3.05) is 5.75 Å². The number of fused-ring (bicyclic) bond motifs is 5. The largest absolute Gasteiger partial charge is 0.393 e. The molecule has 3 nitrogen and oxygen atoms in total. The summed E-state index contributed by atoms with van der Waals surface area (Å²) in [6.45, 7) is 10.5. The van der Waals surface area contributed by atoms with Crippen molar-refractivity contribution >= 4 is 9.84 Å². The van der Waals surface area contributed by atoms with Crippen LogP contribution in [0, 0.1) is 35.0 Å². The van der Waals surface area contributed by atoms with Crippen molar-refractivity contribution in [2.45, 2.75) is 103 Å². The number of sulfone groups is 1. The Balaban J connectivity index is 0.000000771. The molecule has 0 spiro atoms. The second-order valence-corrected chi connectivity index (χ2v) is 12.8. The van der Waals surface area contributed by atoms with Crippen molar-refractivity contribution in [2.24, 2.45) is 35.0 Å². The normalized spacial score (nSPS) is 36.4. The molecule has 0 radical (unpaired) electrons. The van der Waals surface area contributed by atoms with E-state index in [1.807, 2.05) is 45.9 Å². The molecular formula is C30H48O3S. The molecule has 0 amide bonds. The third-order valence-electron chi connectivity index (χ3n) is 9.45. The van der Waals surface area contributed by atoms with E-state index in [1.165, 1.54) is 32.1 Å². The third-order valence-corrected chi connectivity index (χ3v) is 11.2. The summed E-state index contributed by atoms with van der Waals surface area (Å²) in [5.74, 6) is 3.81. The highest BCUT2D eigenvalue weighted by Crippen LogP contribution is 2.63. The average Bonchev–Trinajstić information content (AvgIpc) is 3.22. The zero-order valence-corrected chi connectivity index (χ0v) is 23.0. The van der Waals surface area contributed by atoms with Crippen LogP contribution in [0.1, 0.15) is 92.4 Å². The molecule has 0 saturated heterocycles. The van der Waals surface area contributed by atoms with Crippen molar-refractivity contribution in [3.63, 3.8) is 0 Å². The minimum absolute atomic E-state index is 0.125. The van der Waals surface area contributed by atoms with E-state index in [9.17, 15) is 13.5 Å². The molecule has 1 N–H and O–H groups in total. The molecule has 192 valence electrons. The lowest BCUT2D eigenvalue weighted by Gasteiger charge is -2.53. The van der Waals surface area contributed by atoms with Gasteiger partial charge in [0, 0.05) is 0 Å². The van der Waals surface area contributed by atoms with Crippen molar-refractivity contribution in [1.29, 1.82) is 0 Å². The van der Waals surface area contributed by atoms with Crippen molar-refractivity contribution in [1.82, 2.24) is 0 Å². The lowest BCUT2D eigenvalue weighted by atomic mass is 9.51. The molecule has 3 saturated carbocycles. The van der Waals surface area contributed by atoms with Crippen molar-refractivity contribution < 1.29 is 13.5 Å². The molecule has 1 aromatic carbocycles. The number of aliphatic hydroxyl groups excluding tert-OH is 1. The third kappa shape index (κ3) is 5.33. The molecule has 7 atom stereocenters. The van der Waals surface area contributed by atoms with Crippen LogP contribution in [0.15, 0.2) is 46.9 Å². The van der Waals surface area contributed by atoms with Gasteiger partial charge < -0.3 is 5.11 Å². The van der Waals surface area contributed by atoms with Crippen LogP contribution in [0.3, 0.4) is 0 Å². The number of benzene rings is 1. The first-order chi connectivity index (χ1) is 16.4. The Labute approximate surface area is 209 Å². The van der Waals surface area contributed by atoms with Gasteiger partial charge in [0.1, 0.15) is 0 Å². The van der Waals surface area contributed by atoms with E-state index < -0.39 is 9.84 Å². The van der Waals surface area contributed by atoms with Gasteiger partial charge in [-0.1, -0.05) is 64.5 Å². The van der Waals surface area contributed by atoms with E-state index in [2.05, 4.69) is 13.0 Å². The van der Waals surface area contributed by atoms with Crippen LogP contribution in [0.4, 0.5) is 0 Å². The summed E-state index contributed by atoms with van der Waals surface area (Å²) in [5.41, 5.74) is 1.84. The number of allylic oxidation sites excluding steroid dienone is 1. The summed E-state index contributed by atoms with van der Waals surface area (Å²) in [6, 6.07) is 8.96. The lowest BCUT2D eigenvalue weighted by Crippen LogP contribution is -2.46. The molecule has 0 aliphatic heterocycles. The fraction of sp³-hybridized carbons (Fsp3) is 0.733. The van der Waals surface area contributed by atoms with E-state index in [0.717, 1.165) is 43.4 Å². The van der Waals surface area contributed by atoms with E-state index >= 15 is 0 Å². The predicted octanol–water partition coefficient (Wildman–Crippen LogP) is 7.45. The van der Waals surface area contributed by atoms with Gasteiger partial charge in [-0.25, -0.2) is 8.42 Å². The molecular weight excluding hydrogens is 440 g/mol. The fourth-order valence-electron chi connectivity index (χ4n) is 7.88. The van der Waals surface area contributed by atoms with Gasteiger partial charge in [-0.15, -0.1) is 0 Å². The molecule has 4 aliphatic rings. The highest BCUT2D eigenvalue weighted by atomic mass is 32.2. The van der Waals surface area contributed by atoms with Crippen molar-refractivity contribution in [3.8, 4) is 0 Å². The monoisotopic (exact) mass is 488 g/mol. The van der Waals surface area contributed by atoms with Crippen LogP contribution >= 0.6 is 0 Å². The van der Waals surface area contributed by atoms with Crippen LogP contribution < -0.4 is 0 Å². The first kappa shape index (κ1) is 27.5. The van der Waals surface area contributed by atoms with E-state index in [-0.39, 0.29) is 11.9 Å². The number of aliphatic hydroxyl groups is 1. The molecule has 3 fully saturated rings. The summed E-state index contributed by atoms with van der Waals surface area (Å²) >= 11 is 0. The first-order valence-corrected chi connectivity index (χ1v) is 15.7. The Morgan fingerprint density at radius 1 is 0.941 bits per heavy atom. The Kier molecular flexibility index (Phi) is 9.48. The van der Waals surface area contributed by atoms with E-state index in [4.69, 9.17) is 0 Å². The SMILES string of the molecule is CC.CC.CC12CCC3C4CC[C@H](O)CC4=CCC3C1CC[C@@H]2CCS(=O)(=O)c1ccccc1. The summed E-state index contributed by atoms with van der Waals surface area (Å²) in [4.78, 5) is 0.470. The van der Waals surface area contributed by atoms with Crippen LogP contribution in [-0.4, -0.2) is 25.4 Å². The minimum Gasteiger partial charge on any atom is -0.393 e. The number of rotatable bonds is 4. The summed E-state index contributed by atoms with van der Waals surface area (Å²) in [5, 5.41) is 10.1. The summed E-state index contributed by atoms with van der Waals surface area (Å²) in [7, 11) is -3.19. The zero-order valence-electron chi connectivity index (χ0n) is 22.2. The fourth-order valence-corrected chi connectivity index (χ4v) is 9.28. The standard InChI is InChI=1S/C26H36O3S.2C2H6/c1-26-15-13-23-22-11-9-20(27)17-18(22)7-10-24(23)25(26)12-8-19(26)14-16-30(28,29)21-5-3-2-4-6-21;2*1-2/h2-7,19-20,22-25,27H,8-17H2,1H3;2*1-2H3/t19-,20+,22?,23?,24?,25?,26?;;/m1../s1. The molecule has 5 rings (SSSR count). The Morgan fingerprint density at radius 3 is 2.35 bits per heavy atom. The average molecular weight is 489 g/mol. The maximum atomic E-state index is 12.8. The number of hydrogen-bond acceptors (Lipinski definition) is 3. The van der Waals surface area contributed by atoms with Gasteiger partial charge in [0.15, 0.2) is 9.84 Å². The molecule has 0 bridgehead atoms. The Morgan fingerprint density at radius 2 is 1.65 bits per heavy atom. The molecule has 4 aliphatic carbocycles. The van der Waals surface area contributed by atoms with E-state index in [1.54, 1.807) is 17.7 Å². The van der Waals surface area contributed by atoms with Crippen LogP contribution in [-0.2, 0) is 9.84 Å². The van der Waals surface area contributed by atoms with Crippen LogP contribution in [0.25, 0.3) is 0 Å². The topological polar surface area (TPSA) is 54.4 Å². The van der Waals surface area contributed by atoms with Gasteiger partial charge in [-0.3, -0.25) is 0 Å².